The Morgan fingerprint density at radius 2 is 1.90 bits per heavy atom. The normalized spacial score (nSPS) is 10.7. The van der Waals surface area contributed by atoms with Crippen molar-refractivity contribution in [2.75, 3.05) is 13.2 Å². The quantitative estimate of drug-likeness (QED) is 0.775. The van der Waals surface area contributed by atoms with Crippen LogP contribution in [0.5, 0.6) is 5.75 Å². The van der Waals surface area contributed by atoms with E-state index in [2.05, 4.69) is 12.2 Å². The van der Waals surface area contributed by atoms with Gasteiger partial charge in [0.15, 0.2) is 0 Å². The number of nitrogens with two attached hydrogens (primary N) is 1. The van der Waals surface area contributed by atoms with Gasteiger partial charge in [-0.1, -0.05) is 19.1 Å². The van der Waals surface area contributed by atoms with Crippen molar-refractivity contribution >= 4 is 18.3 Å². The summed E-state index contributed by atoms with van der Waals surface area (Å²) in [5.41, 5.74) is 6.39. The van der Waals surface area contributed by atoms with E-state index in [1.165, 1.54) is 0 Å². The maximum absolute atomic E-state index is 11.8. The highest BCUT2D eigenvalue weighted by atomic mass is 35.5. The molecule has 0 spiro atoms. The molecule has 1 aromatic rings. The van der Waals surface area contributed by atoms with Crippen LogP contribution in [0, 0.1) is 0 Å². The van der Waals surface area contributed by atoms with E-state index >= 15 is 0 Å². The zero-order chi connectivity index (χ0) is 15.0. The third-order valence-electron chi connectivity index (χ3n) is 3.03. The van der Waals surface area contributed by atoms with E-state index in [4.69, 9.17) is 10.5 Å². The molecule has 0 heterocycles. The first kappa shape index (κ1) is 19.7. The molecule has 1 aromatic carbocycles. The van der Waals surface area contributed by atoms with Crippen molar-refractivity contribution in [3.63, 3.8) is 0 Å². The molecule has 4 nitrogen and oxygen atoms in total. The molecule has 1 amide bonds. The molecule has 0 atom stereocenters. The van der Waals surface area contributed by atoms with Gasteiger partial charge in [0, 0.05) is 18.5 Å². The number of rotatable bonds is 8. The standard InChI is InChI=1S/C16H26N2O2.ClH/c1-4-11-20-14-8-5-13(6-9-14)7-10-15(19)18-16(2,3)12-17;/h5-6,8-9H,4,7,10-12,17H2,1-3H3,(H,18,19);1H. The van der Waals surface area contributed by atoms with Crippen LogP contribution in [0.4, 0.5) is 0 Å². The fourth-order valence-corrected chi connectivity index (χ4v) is 1.72. The third kappa shape index (κ3) is 7.93. The smallest absolute Gasteiger partial charge is 0.220 e. The van der Waals surface area contributed by atoms with Crippen LogP contribution in [0.25, 0.3) is 0 Å². The molecule has 0 aliphatic rings. The summed E-state index contributed by atoms with van der Waals surface area (Å²) in [4.78, 5) is 11.8. The van der Waals surface area contributed by atoms with Crippen LogP contribution >= 0.6 is 12.4 Å². The van der Waals surface area contributed by atoms with Gasteiger partial charge < -0.3 is 15.8 Å². The van der Waals surface area contributed by atoms with Gasteiger partial charge in [-0.05, 0) is 44.4 Å². The number of aryl methyl sites for hydroxylation is 1. The summed E-state index contributed by atoms with van der Waals surface area (Å²) in [5, 5.41) is 2.93. The second-order valence-electron chi connectivity index (χ2n) is 5.63. The van der Waals surface area contributed by atoms with Gasteiger partial charge in [0.25, 0.3) is 0 Å². The van der Waals surface area contributed by atoms with Gasteiger partial charge in [-0.15, -0.1) is 12.4 Å². The SMILES string of the molecule is CCCOc1ccc(CCC(=O)NC(C)(C)CN)cc1.Cl. The maximum Gasteiger partial charge on any atom is 0.220 e. The molecule has 21 heavy (non-hydrogen) atoms. The molecule has 0 saturated carbocycles. The highest BCUT2D eigenvalue weighted by Crippen LogP contribution is 2.13. The number of benzene rings is 1. The summed E-state index contributed by atoms with van der Waals surface area (Å²) < 4.78 is 5.52. The molecule has 0 unspecified atom stereocenters. The summed E-state index contributed by atoms with van der Waals surface area (Å²) in [7, 11) is 0. The number of nitrogens with one attached hydrogen (secondary N) is 1. The van der Waals surface area contributed by atoms with Crippen LogP contribution in [-0.4, -0.2) is 24.6 Å². The lowest BCUT2D eigenvalue weighted by molar-refractivity contribution is -0.122. The van der Waals surface area contributed by atoms with Gasteiger partial charge in [0.2, 0.25) is 5.91 Å². The van der Waals surface area contributed by atoms with Gasteiger partial charge in [-0.2, -0.15) is 0 Å². The highest BCUT2D eigenvalue weighted by Gasteiger charge is 2.17. The summed E-state index contributed by atoms with van der Waals surface area (Å²) in [5.74, 6) is 0.913. The van der Waals surface area contributed by atoms with Gasteiger partial charge in [0.1, 0.15) is 5.75 Å². The lowest BCUT2D eigenvalue weighted by Crippen LogP contribution is -2.48. The van der Waals surface area contributed by atoms with E-state index < -0.39 is 0 Å². The molecule has 5 heteroatoms. The minimum Gasteiger partial charge on any atom is -0.494 e. The monoisotopic (exact) mass is 314 g/mol. The zero-order valence-electron chi connectivity index (χ0n) is 13.1. The first-order valence-corrected chi connectivity index (χ1v) is 7.19. The second kappa shape index (κ2) is 9.64. The molecule has 0 radical (unpaired) electrons. The maximum atomic E-state index is 11.8. The molecule has 0 bridgehead atoms. The van der Waals surface area contributed by atoms with Crippen LogP contribution < -0.4 is 15.8 Å². The Morgan fingerprint density at radius 1 is 1.29 bits per heavy atom. The van der Waals surface area contributed by atoms with Gasteiger partial charge >= 0.3 is 0 Å². The van der Waals surface area contributed by atoms with Crippen LogP contribution in [0.3, 0.4) is 0 Å². The minimum atomic E-state index is -0.338. The van der Waals surface area contributed by atoms with Crippen molar-refractivity contribution in [1.82, 2.24) is 5.32 Å². The molecule has 0 fully saturated rings. The van der Waals surface area contributed by atoms with E-state index in [-0.39, 0.29) is 23.9 Å². The molecule has 120 valence electrons. The lowest BCUT2D eigenvalue weighted by atomic mass is 10.0. The Hall–Kier alpha value is -1.26. The van der Waals surface area contributed by atoms with E-state index in [0.29, 0.717) is 13.0 Å². The third-order valence-corrected chi connectivity index (χ3v) is 3.03. The van der Waals surface area contributed by atoms with Crippen LogP contribution in [0.2, 0.25) is 0 Å². The zero-order valence-corrected chi connectivity index (χ0v) is 14.0. The number of hydrogen-bond acceptors (Lipinski definition) is 3. The van der Waals surface area contributed by atoms with Crippen molar-refractivity contribution in [2.24, 2.45) is 5.73 Å². The van der Waals surface area contributed by atoms with Gasteiger partial charge in [0.05, 0.1) is 6.61 Å². The summed E-state index contributed by atoms with van der Waals surface area (Å²) in [6.45, 7) is 7.09. The Bertz CT molecular complexity index is 419. The molecule has 0 aliphatic carbocycles. The number of amides is 1. The molecule has 0 aromatic heterocycles. The fraction of sp³-hybridized carbons (Fsp3) is 0.562. The van der Waals surface area contributed by atoms with E-state index in [1.54, 1.807) is 0 Å². The van der Waals surface area contributed by atoms with Crippen molar-refractivity contribution in [3.05, 3.63) is 29.8 Å². The average molecular weight is 315 g/mol. The van der Waals surface area contributed by atoms with Crippen molar-refractivity contribution in [3.8, 4) is 5.75 Å². The predicted molar refractivity (Wildman–Crippen MR) is 89.1 cm³/mol. The van der Waals surface area contributed by atoms with Crippen molar-refractivity contribution in [1.29, 1.82) is 0 Å². The Kier molecular flexibility index (Phi) is 9.06. The van der Waals surface area contributed by atoms with E-state index in [9.17, 15) is 4.79 Å². The topological polar surface area (TPSA) is 64.3 Å². The number of carbonyl (C=O) groups is 1. The van der Waals surface area contributed by atoms with Crippen molar-refractivity contribution < 1.29 is 9.53 Å². The number of ether oxygens (including phenoxy) is 1. The molecule has 0 aliphatic heterocycles. The Morgan fingerprint density at radius 3 is 2.43 bits per heavy atom. The number of carbonyl (C=O) groups excluding carboxylic acids is 1. The number of hydrogen-bond donors (Lipinski definition) is 2. The first-order chi connectivity index (χ1) is 9.46. The van der Waals surface area contributed by atoms with Crippen LogP contribution in [0.15, 0.2) is 24.3 Å². The lowest BCUT2D eigenvalue weighted by Gasteiger charge is -2.24. The first-order valence-electron chi connectivity index (χ1n) is 7.19. The summed E-state index contributed by atoms with van der Waals surface area (Å²) in [6.07, 6.45) is 2.19. The second-order valence-corrected chi connectivity index (χ2v) is 5.63. The van der Waals surface area contributed by atoms with Crippen LogP contribution in [0.1, 0.15) is 39.2 Å². The largest absolute Gasteiger partial charge is 0.494 e. The molecular formula is C16H27ClN2O2. The molecular weight excluding hydrogens is 288 g/mol. The number of halogens is 1. The Labute approximate surface area is 133 Å². The predicted octanol–water partition coefficient (Wildman–Crippen LogP) is 2.68. The molecule has 0 saturated heterocycles. The fourth-order valence-electron chi connectivity index (χ4n) is 1.72. The summed E-state index contributed by atoms with van der Waals surface area (Å²) in [6, 6.07) is 7.91. The van der Waals surface area contributed by atoms with Crippen LogP contribution in [-0.2, 0) is 11.2 Å². The van der Waals surface area contributed by atoms with E-state index in [0.717, 1.165) is 30.8 Å². The van der Waals surface area contributed by atoms with Gasteiger partial charge in [-0.3, -0.25) is 4.79 Å². The average Bonchev–Trinajstić information content (AvgIpc) is 2.43. The van der Waals surface area contributed by atoms with Crippen molar-refractivity contribution in [2.45, 2.75) is 45.6 Å². The minimum absolute atomic E-state index is 0. The van der Waals surface area contributed by atoms with Gasteiger partial charge in [-0.25, -0.2) is 0 Å². The summed E-state index contributed by atoms with van der Waals surface area (Å²) >= 11 is 0. The molecule has 1 rings (SSSR count). The molecule has 3 N–H and O–H groups in total. The Balaban J connectivity index is 0.00000400. The highest BCUT2D eigenvalue weighted by molar-refractivity contribution is 5.85. The van der Waals surface area contributed by atoms with E-state index in [1.807, 2.05) is 38.1 Å².